The van der Waals surface area contributed by atoms with Crippen LogP contribution in [0.4, 0.5) is 0 Å². The largest absolute Gasteiger partial charge is 0.494 e. The van der Waals surface area contributed by atoms with Crippen LogP contribution in [0.15, 0.2) is 29.2 Å². The standard InChI is InChI=1S/C18H21NO4S2/c1-2-3-4-5-10-23-14-8-6-13(7-9-14)11-15-17(22)19(12-16(20)21)18(24)25-15/h6-9,11H,2-5,10,12H2,1H3,(H,20,21). The summed E-state index contributed by atoms with van der Waals surface area (Å²) in [5, 5.41) is 8.84. The third kappa shape index (κ3) is 5.86. The number of thiocarbonyl (C=S) groups is 1. The lowest BCUT2D eigenvalue weighted by Crippen LogP contribution is -2.33. The molecule has 0 aromatic heterocycles. The van der Waals surface area contributed by atoms with E-state index in [9.17, 15) is 9.59 Å². The molecule has 1 heterocycles. The highest BCUT2D eigenvalue weighted by atomic mass is 32.2. The number of unbranched alkanes of at least 4 members (excludes halogenated alkanes) is 3. The molecule has 134 valence electrons. The molecule has 2 rings (SSSR count). The van der Waals surface area contributed by atoms with E-state index in [4.69, 9.17) is 22.1 Å². The minimum absolute atomic E-state index is 0.269. The molecule has 5 nitrogen and oxygen atoms in total. The van der Waals surface area contributed by atoms with Gasteiger partial charge in [0.05, 0.1) is 11.5 Å². The first-order valence-electron chi connectivity index (χ1n) is 8.21. The Bertz CT molecular complexity index is 670. The van der Waals surface area contributed by atoms with Gasteiger partial charge in [0.15, 0.2) is 0 Å². The van der Waals surface area contributed by atoms with Gasteiger partial charge in [0.25, 0.3) is 5.91 Å². The lowest BCUT2D eigenvalue weighted by molar-refractivity contribution is -0.140. The fourth-order valence-corrected chi connectivity index (χ4v) is 3.56. The van der Waals surface area contributed by atoms with Crippen molar-refractivity contribution in [1.82, 2.24) is 4.90 Å². The Morgan fingerprint density at radius 2 is 2.00 bits per heavy atom. The number of benzene rings is 1. The zero-order chi connectivity index (χ0) is 18.2. The molecule has 0 saturated carbocycles. The molecular formula is C18H21NO4S2. The number of carbonyl (C=O) groups excluding carboxylic acids is 1. The number of rotatable bonds is 9. The first-order valence-corrected chi connectivity index (χ1v) is 9.43. The molecule has 1 saturated heterocycles. The molecule has 0 atom stereocenters. The van der Waals surface area contributed by atoms with E-state index in [1.165, 1.54) is 19.3 Å². The van der Waals surface area contributed by atoms with Crippen LogP contribution in [-0.4, -0.2) is 39.4 Å². The van der Waals surface area contributed by atoms with Gasteiger partial charge in [-0.15, -0.1) is 0 Å². The van der Waals surface area contributed by atoms with Crippen molar-refractivity contribution in [3.8, 4) is 5.75 Å². The highest BCUT2D eigenvalue weighted by Gasteiger charge is 2.33. The van der Waals surface area contributed by atoms with Gasteiger partial charge in [0, 0.05) is 0 Å². The summed E-state index contributed by atoms with van der Waals surface area (Å²) < 4.78 is 5.96. The molecule has 0 spiro atoms. The van der Waals surface area contributed by atoms with Crippen LogP contribution in [0.3, 0.4) is 0 Å². The van der Waals surface area contributed by atoms with Crippen molar-refractivity contribution in [3.63, 3.8) is 0 Å². The number of carboxylic acid groups (broad SMARTS) is 1. The minimum atomic E-state index is -1.09. The minimum Gasteiger partial charge on any atom is -0.494 e. The van der Waals surface area contributed by atoms with E-state index in [1.54, 1.807) is 6.08 Å². The summed E-state index contributed by atoms with van der Waals surface area (Å²) in [6.45, 7) is 2.47. The van der Waals surface area contributed by atoms with Crippen molar-refractivity contribution in [2.45, 2.75) is 32.6 Å². The van der Waals surface area contributed by atoms with E-state index < -0.39 is 12.5 Å². The van der Waals surface area contributed by atoms with Crippen LogP contribution in [-0.2, 0) is 9.59 Å². The summed E-state index contributed by atoms with van der Waals surface area (Å²) >= 11 is 6.19. The highest BCUT2D eigenvalue weighted by Crippen LogP contribution is 2.32. The monoisotopic (exact) mass is 379 g/mol. The number of amides is 1. The molecule has 1 N–H and O–H groups in total. The normalized spacial score (nSPS) is 15.9. The van der Waals surface area contributed by atoms with Crippen molar-refractivity contribution in [2.75, 3.05) is 13.2 Å². The molecule has 0 radical (unpaired) electrons. The average Bonchev–Trinajstić information content (AvgIpc) is 2.83. The average molecular weight is 380 g/mol. The fraction of sp³-hybridized carbons (Fsp3) is 0.389. The van der Waals surface area contributed by atoms with Crippen LogP contribution in [0.1, 0.15) is 38.2 Å². The first kappa shape index (κ1) is 19.5. The van der Waals surface area contributed by atoms with Gasteiger partial charge >= 0.3 is 5.97 Å². The lowest BCUT2D eigenvalue weighted by atomic mass is 10.2. The second kappa shape index (κ2) is 9.58. The maximum Gasteiger partial charge on any atom is 0.323 e. The summed E-state index contributed by atoms with van der Waals surface area (Å²) in [7, 11) is 0. The second-order valence-corrected chi connectivity index (χ2v) is 7.32. The molecule has 7 heteroatoms. The summed E-state index contributed by atoms with van der Waals surface area (Å²) in [6, 6.07) is 7.46. The number of nitrogens with zero attached hydrogens (tertiary/aromatic N) is 1. The Morgan fingerprint density at radius 1 is 1.28 bits per heavy atom. The van der Waals surface area contributed by atoms with Gasteiger partial charge in [-0.1, -0.05) is 62.3 Å². The SMILES string of the molecule is CCCCCCOc1ccc(C=C2SC(=S)N(CC(=O)O)C2=O)cc1. The van der Waals surface area contributed by atoms with E-state index in [2.05, 4.69) is 6.92 Å². The van der Waals surface area contributed by atoms with Gasteiger partial charge in [-0.25, -0.2) is 0 Å². The van der Waals surface area contributed by atoms with E-state index in [1.807, 2.05) is 24.3 Å². The quantitative estimate of drug-likeness (QED) is 0.398. The summed E-state index contributed by atoms with van der Waals surface area (Å²) in [4.78, 5) is 24.5. The van der Waals surface area contributed by atoms with Crippen LogP contribution in [0.25, 0.3) is 6.08 Å². The fourth-order valence-electron chi connectivity index (χ4n) is 2.30. The van der Waals surface area contributed by atoms with E-state index in [-0.39, 0.29) is 10.2 Å². The number of aliphatic carboxylic acids is 1. The first-order chi connectivity index (χ1) is 12.0. The second-order valence-electron chi connectivity index (χ2n) is 5.64. The zero-order valence-corrected chi connectivity index (χ0v) is 15.7. The van der Waals surface area contributed by atoms with Crippen LogP contribution in [0, 0.1) is 0 Å². The summed E-state index contributed by atoms with van der Waals surface area (Å²) in [6.07, 6.45) is 6.36. The van der Waals surface area contributed by atoms with Crippen molar-refractivity contribution in [3.05, 3.63) is 34.7 Å². The van der Waals surface area contributed by atoms with Crippen molar-refractivity contribution >= 4 is 46.3 Å². The molecule has 1 amide bonds. The number of hydrogen-bond donors (Lipinski definition) is 1. The lowest BCUT2D eigenvalue weighted by Gasteiger charge is -2.10. The maximum absolute atomic E-state index is 12.2. The Balaban J connectivity index is 1.94. The van der Waals surface area contributed by atoms with Crippen molar-refractivity contribution in [2.24, 2.45) is 0 Å². The Morgan fingerprint density at radius 3 is 2.64 bits per heavy atom. The maximum atomic E-state index is 12.2. The number of ether oxygens (including phenoxy) is 1. The molecule has 1 aromatic rings. The van der Waals surface area contributed by atoms with Crippen LogP contribution in [0.2, 0.25) is 0 Å². The molecule has 1 aromatic carbocycles. The molecule has 1 fully saturated rings. The molecule has 0 aliphatic carbocycles. The molecular weight excluding hydrogens is 358 g/mol. The van der Waals surface area contributed by atoms with Crippen LogP contribution < -0.4 is 4.74 Å². The third-order valence-electron chi connectivity index (χ3n) is 3.61. The number of hydrogen-bond acceptors (Lipinski definition) is 5. The van der Waals surface area contributed by atoms with E-state index in [0.717, 1.165) is 34.4 Å². The predicted molar refractivity (Wildman–Crippen MR) is 104 cm³/mol. The van der Waals surface area contributed by atoms with Gasteiger partial charge in [0.1, 0.15) is 16.6 Å². The Kier molecular flexibility index (Phi) is 7.46. The highest BCUT2D eigenvalue weighted by molar-refractivity contribution is 8.26. The molecule has 1 aliphatic heterocycles. The Hall–Kier alpha value is -1.86. The molecule has 25 heavy (non-hydrogen) atoms. The van der Waals surface area contributed by atoms with E-state index >= 15 is 0 Å². The molecule has 1 aliphatic rings. The summed E-state index contributed by atoms with van der Waals surface area (Å²) in [5.74, 6) is -0.654. The molecule has 0 bridgehead atoms. The topological polar surface area (TPSA) is 66.8 Å². The smallest absolute Gasteiger partial charge is 0.323 e. The van der Waals surface area contributed by atoms with Gasteiger partial charge in [0.2, 0.25) is 0 Å². The molecule has 0 unspecified atom stereocenters. The van der Waals surface area contributed by atoms with Crippen LogP contribution in [0.5, 0.6) is 5.75 Å². The Labute approximate surface area is 157 Å². The number of carbonyl (C=O) groups is 2. The van der Waals surface area contributed by atoms with Gasteiger partial charge in [-0.2, -0.15) is 0 Å². The summed E-state index contributed by atoms with van der Waals surface area (Å²) in [5.41, 5.74) is 0.842. The van der Waals surface area contributed by atoms with Gasteiger partial charge in [-0.3, -0.25) is 14.5 Å². The van der Waals surface area contributed by atoms with E-state index in [0.29, 0.717) is 11.5 Å². The van der Waals surface area contributed by atoms with Crippen LogP contribution >= 0.6 is 24.0 Å². The number of thioether (sulfide) groups is 1. The van der Waals surface area contributed by atoms with Crippen molar-refractivity contribution in [1.29, 1.82) is 0 Å². The van der Waals surface area contributed by atoms with Gasteiger partial charge < -0.3 is 9.84 Å². The van der Waals surface area contributed by atoms with Crippen molar-refractivity contribution < 1.29 is 19.4 Å². The number of carboxylic acids is 1. The van der Waals surface area contributed by atoms with Gasteiger partial charge in [-0.05, 0) is 30.2 Å². The zero-order valence-electron chi connectivity index (χ0n) is 14.1. The third-order valence-corrected chi connectivity index (χ3v) is 4.99. The predicted octanol–water partition coefficient (Wildman–Crippen LogP) is 3.93.